The molecule has 6 aromatic rings. The summed E-state index contributed by atoms with van der Waals surface area (Å²) < 4.78 is 0. The molecular weight excluding hydrogens is 695 g/mol. The molecule has 0 spiro atoms. The second-order valence-corrected chi connectivity index (χ2v) is 15.0. The molecule has 0 amide bonds. The third kappa shape index (κ3) is 8.01. The van der Waals surface area contributed by atoms with E-state index in [4.69, 9.17) is 0 Å². The van der Waals surface area contributed by atoms with Crippen LogP contribution >= 0.6 is 0 Å². The number of benzene rings is 6. The van der Waals surface area contributed by atoms with Crippen molar-refractivity contribution in [3.8, 4) is 0 Å². The SMILES string of the molecule is CC1C=CC(N(CCNc2ccc(N(c3ccccc3)C3C=c4ccccc4=CC3)cc2)c2ccc(N(c3ccccc3)c3ccc4c(c3)C=CCC4)cc2)=CN1. The van der Waals surface area contributed by atoms with E-state index in [-0.39, 0.29) is 6.04 Å². The van der Waals surface area contributed by atoms with Gasteiger partial charge in [0.15, 0.2) is 0 Å². The molecule has 1 heterocycles. The summed E-state index contributed by atoms with van der Waals surface area (Å²) in [6.45, 7) is 3.73. The second kappa shape index (κ2) is 16.6. The molecule has 3 aliphatic rings. The Balaban J connectivity index is 0.943. The standard InChI is InChI=1S/C52H49N5/c1-39-20-25-52(38-54-39)55(45-30-32-49(33-31-45)57(47-18-6-3-7-19-47)51-27-22-41-13-9-11-15-43(41)37-51)35-34-53-44-23-28-48(29-24-44)56(46-16-4-2-5-17-46)50-26-21-40-12-8-10-14-42(40)36-50/h2-8,10-12,14-25,27-33,36-39,50,53-54H,9,13,26,34-35H2,1H3. The molecule has 2 atom stereocenters. The maximum absolute atomic E-state index is 3.73. The molecule has 0 fully saturated rings. The lowest BCUT2D eigenvalue weighted by atomic mass is 9.96. The van der Waals surface area contributed by atoms with Gasteiger partial charge in [-0.3, -0.25) is 0 Å². The molecule has 0 saturated heterocycles. The Bertz CT molecular complexity index is 2520. The van der Waals surface area contributed by atoms with Crippen LogP contribution in [0.2, 0.25) is 0 Å². The number of rotatable bonds is 12. The number of allylic oxidation sites excluding steroid dienone is 2. The first-order valence-electron chi connectivity index (χ1n) is 20.3. The maximum atomic E-state index is 3.73. The molecule has 9 rings (SSSR count). The summed E-state index contributed by atoms with van der Waals surface area (Å²) in [4.78, 5) is 7.20. The number of anilines is 7. The van der Waals surface area contributed by atoms with Crippen LogP contribution in [-0.2, 0) is 6.42 Å². The summed E-state index contributed by atoms with van der Waals surface area (Å²) in [6, 6.07) is 55.4. The summed E-state index contributed by atoms with van der Waals surface area (Å²) in [6.07, 6.45) is 19.1. The Morgan fingerprint density at radius 3 is 2.05 bits per heavy atom. The number of para-hydroxylation sites is 2. The molecule has 0 saturated carbocycles. The van der Waals surface area contributed by atoms with Crippen LogP contribution in [-0.4, -0.2) is 25.2 Å². The van der Waals surface area contributed by atoms with E-state index in [0.29, 0.717) is 6.04 Å². The largest absolute Gasteiger partial charge is 0.383 e. The normalized spacial score (nSPS) is 16.5. The first-order chi connectivity index (χ1) is 28.2. The van der Waals surface area contributed by atoms with Crippen LogP contribution in [0.15, 0.2) is 182 Å². The van der Waals surface area contributed by atoms with Gasteiger partial charge in [-0.25, -0.2) is 0 Å². The van der Waals surface area contributed by atoms with Crippen LogP contribution in [0, 0.1) is 0 Å². The molecule has 2 N–H and O–H groups in total. The summed E-state index contributed by atoms with van der Waals surface area (Å²) >= 11 is 0. The lowest BCUT2D eigenvalue weighted by Crippen LogP contribution is -2.37. The number of hydrogen-bond donors (Lipinski definition) is 2. The van der Waals surface area contributed by atoms with Crippen molar-refractivity contribution in [1.82, 2.24) is 5.32 Å². The first-order valence-corrected chi connectivity index (χ1v) is 20.3. The van der Waals surface area contributed by atoms with Crippen molar-refractivity contribution >= 4 is 58.0 Å². The average molecular weight is 744 g/mol. The fourth-order valence-corrected chi connectivity index (χ4v) is 8.22. The van der Waals surface area contributed by atoms with Gasteiger partial charge in [0.25, 0.3) is 0 Å². The third-order valence-electron chi connectivity index (χ3n) is 11.2. The van der Waals surface area contributed by atoms with Gasteiger partial charge in [0.1, 0.15) is 0 Å². The number of aryl methyl sites for hydroxylation is 1. The zero-order valence-corrected chi connectivity index (χ0v) is 32.5. The molecular formula is C52H49N5. The summed E-state index contributed by atoms with van der Waals surface area (Å²) in [5.41, 5.74) is 11.9. The van der Waals surface area contributed by atoms with Gasteiger partial charge in [0.05, 0.1) is 11.7 Å². The van der Waals surface area contributed by atoms with Crippen molar-refractivity contribution in [3.63, 3.8) is 0 Å². The Morgan fingerprint density at radius 1 is 0.649 bits per heavy atom. The molecule has 0 bridgehead atoms. The lowest BCUT2D eigenvalue weighted by Gasteiger charge is -2.33. The van der Waals surface area contributed by atoms with Crippen molar-refractivity contribution in [2.24, 2.45) is 0 Å². The number of hydrogen-bond acceptors (Lipinski definition) is 5. The van der Waals surface area contributed by atoms with Gasteiger partial charge >= 0.3 is 0 Å². The molecule has 0 aromatic heterocycles. The highest BCUT2D eigenvalue weighted by atomic mass is 15.2. The Labute approximate surface area is 336 Å². The van der Waals surface area contributed by atoms with E-state index >= 15 is 0 Å². The molecule has 282 valence electrons. The zero-order valence-electron chi connectivity index (χ0n) is 32.5. The molecule has 57 heavy (non-hydrogen) atoms. The number of dihydropyridines is 1. The van der Waals surface area contributed by atoms with Crippen molar-refractivity contribution in [2.75, 3.05) is 33.1 Å². The minimum Gasteiger partial charge on any atom is -0.383 e. The lowest BCUT2D eigenvalue weighted by molar-refractivity contribution is 0.742. The van der Waals surface area contributed by atoms with Crippen molar-refractivity contribution in [1.29, 1.82) is 0 Å². The summed E-state index contributed by atoms with van der Waals surface area (Å²) in [5, 5.41) is 9.85. The number of nitrogens with one attached hydrogen (secondary N) is 2. The van der Waals surface area contributed by atoms with E-state index in [1.54, 1.807) is 0 Å². The summed E-state index contributed by atoms with van der Waals surface area (Å²) in [5.74, 6) is 0. The number of nitrogens with zero attached hydrogens (tertiary/aromatic N) is 3. The van der Waals surface area contributed by atoms with Gasteiger partial charge in [0, 0.05) is 65.1 Å². The second-order valence-electron chi connectivity index (χ2n) is 15.0. The van der Waals surface area contributed by atoms with Gasteiger partial charge in [-0.2, -0.15) is 0 Å². The highest BCUT2D eigenvalue weighted by molar-refractivity contribution is 5.79. The van der Waals surface area contributed by atoms with Crippen LogP contribution < -0.4 is 35.8 Å². The predicted molar refractivity (Wildman–Crippen MR) is 242 cm³/mol. The highest BCUT2D eigenvalue weighted by Gasteiger charge is 2.21. The van der Waals surface area contributed by atoms with Crippen LogP contribution in [0.5, 0.6) is 0 Å². The molecule has 5 nitrogen and oxygen atoms in total. The maximum Gasteiger partial charge on any atom is 0.0568 e. The fourth-order valence-electron chi connectivity index (χ4n) is 8.22. The Hall–Kier alpha value is -6.72. The highest BCUT2D eigenvalue weighted by Crippen LogP contribution is 2.38. The van der Waals surface area contributed by atoms with Crippen molar-refractivity contribution in [2.45, 2.75) is 38.3 Å². The van der Waals surface area contributed by atoms with E-state index in [1.807, 2.05) is 0 Å². The monoisotopic (exact) mass is 743 g/mol. The molecule has 1 aliphatic heterocycles. The molecule has 2 aliphatic carbocycles. The van der Waals surface area contributed by atoms with Crippen molar-refractivity contribution < 1.29 is 0 Å². The quantitative estimate of drug-likeness (QED) is 0.130. The molecule has 2 unspecified atom stereocenters. The topological polar surface area (TPSA) is 33.8 Å². The van der Waals surface area contributed by atoms with Gasteiger partial charge in [0.2, 0.25) is 0 Å². The predicted octanol–water partition coefficient (Wildman–Crippen LogP) is 10.6. The van der Waals surface area contributed by atoms with Crippen LogP contribution in [0.4, 0.5) is 39.8 Å². The van der Waals surface area contributed by atoms with E-state index in [0.717, 1.165) is 66.5 Å². The molecule has 0 radical (unpaired) electrons. The van der Waals surface area contributed by atoms with E-state index in [9.17, 15) is 0 Å². The van der Waals surface area contributed by atoms with Crippen LogP contribution in [0.3, 0.4) is 0 Å². The average Bonchev–Trinajstić information content (AvgIpc) is 3.27. The Kier molecular flexibility index (Phi) is 10.4. The van der Waals surface area contributed by atoms with Crippen LogP contribution in [0.25, 0.3) is 18.2 Å². The van der Waals surface area contributed by atoms with E-state index < -0.39 is 0 Å². The minimum absolute atomic E-state index is 0.226. The molecule has 5 heteroatoms. The zero-order chi connectivity index (χ0) is 38.4. The van der Waals surface area contributed by atoms with Gasteiger partial charge in [-0.1, -0.05) is 97.1 Å². The van der Waals surface area contributed by atoms with Crippen molar-refractivity contribution in [3.05, 3.63) is 203 Å². The number of fused-ring (bicyclic) bond motifs is 2. The van der Waals surface area contributed by atoms with Gasteiger partial charge < -0.3 is 25.3 Å². The van der Waals surface area contributed by atoms with Gasteiger partial charge in [-0.05, 0) is 139 Å². The first kappa shape index (κ1) is 35.9. The van der Waals surface area contributed by atoms with E-state index in [1.165, 1.54) is 32.9 Å². The van der Waals surface area contributed by atoms with E-state index in [2.05, 4.69) is 227 Å². The smallest absolute Gasteiger partial charge is 0.0568 e. The Morgan fingerprint density at radius 2 is 1.30 bits per heavy atom. The van der Waals surface area contributed by atoms with Crippen LogP contribution in [0.1, 0.15) is 30.9 Å². The van der Waals surface area contributed by atoms with Gasteiger partial charge in [-0.15, -0.1) is 0 Å². The molecule has 6 aromatic carbocycles. The summed E-state index contributed by atoms with van der Waals surface area (Å²) in [7, 11) is 0. The fraction of sp³-hybridized carbons (Fsp3) is 0.154. The third-order valence-corrected chi connectivity index (χ3v) is 11.2. The minimum atomic E-state index is 0.226.